The van der Waals surface area contributed by atoms with Gasteiger partial charge < -0.3 is 15.0 Å². The van der Waals surface area contributed by atoms with Gasteiger partial charge in [-0.25, -0.2) is 4.39 Å². The van der Waals surface area contributed by atoms with E-state index in [0.717, 1.165) is 5.56 Å². The van der Waals surface area contributed by atoms with Gasteiger partial charge in [-0.15, -0.1) is 0 Å². The average molecular weight is 517 g/mol. The van der Waals surface area contributed by atoms with E-state index in [-0.39, 0.29) is 24.9 Å². The molecule has 4 rings (SSSR count). The fourth-order valence-corrected chi connectivity index (χ4v) is 4.07. The zero-order valence-electron chi connectivity index (χ0n) is 20.0. The molecule has 0 aliphatic rings. The summed E-state index contributed by atoms with van der Waals surface area (Å²) in [6, 6.07) is 30.3. The number of ether oxygens (including phenoxy) is 1. The molecule has 0 aliphatic heterocycles. The van der Waals surface area contributed by atoms with Crippen molar-refractivity contribution in [3.63, 3.8) is 0 Å². The van der Waals surface area contributed by atoms with Gasteiger partial charge in [-0.05, 0) is 41.0 Å². The van der Waals surface area contributed by atoms with E-state index >= 15 is 0 Å². The van der Waals surface area contributed by atoms with Crippen LogP contribution in [0.5, 0.6) is 5.75 Å². The second-order valence-electron chi connectivity index (χ2n) is 8.38. The molecule has 0 spiro atoms. The highest BCUT2D eigenvalue weighted by Crippen LogP contribution is 2.26. The minimum absolute atomic E-state index is 0.0727. The molecule has 0 fully saturated rings. The molecule has 0 saturated heterocycles. The molecular weight excluding hydrogens is 491 g/mol. The molecule has 188 valence electrons. The molecule has 0 radical (unpaired) electrons. The molecule has 0 saturated carbocycles. The van der Waals surface area contributed by atoms with Crippen molar-refractivity contribution in [1.29, 1.82) is 0 Å². The van der Waals surface area contributed by atoms with Gasteiger partial charge in [-0.1, -0.05) is 96.5 Å². The second kappa shape index (κ2) is 12.7. The molecule has 0 bridgehead atoms. The quantitative estimate of drug-likeness (QED) is 0.283. The first-order valence-corrected chi connectivity index (χ1v) is 12.2. The fraction of sp³-hybridized carbons (Fsp3) is 0.133. The molecule has 0 aromatic heterocycles. The lowest BCUT2D eigenvalue weighted by Gasteiger charge is -2.31. The van der Waals surface area contributed by atoms with Crippen LogP contribution in [0.4, 0.5) is 4.39 Å². The number of halogens is 2. The van der Waals surface area contributed by atoms with Crippen LogP contribution in [-0.2, 0) is 22.7 Å². The predicted octanol–water partition coefficient (Wildman–Crippen LogP) is 5.94. The highest BCUT2D eigenvalue weighted by Gasteiger charge is 2.32. The number of hydrogen-bond acceptors (Lipinski definition) is 3. The van der Waals surface area contributed by atoms with Crippen molar-refractivity contribution in [3.05, 3.63) is 137 Å². The van der Waals surface area contributed by atoms with Crippen LogP contribution in [0.15, 0.2) is 109 Å². The maximum Gasteiger partial charge on any atom is 0.261 e. The monoisotopic (exact) mass is 516 g/mol. The van der Waals surface area contributed by atoms with Crippen LogP contribution in [0.25, 0.3) is 0 Å². The van der Waals surface area contributed by atoms with Gasteiger partial charge in [0.1, 0.15) is 17.6 Å². The molecule has 4 aromatic carbocycles. The van der Waals surface area contributed by atoms with Crippen molar-refractivity contribution in [2.24, 2.45) is 0 Å². The Morgan fingerprint density at radius 1 is 0.811 bits per heavy atom. The topological polar surface area (TPSA) is 58.6 Å². The van der Waals surface area contributed by atoms with E-state index in [2.05, 4.69) is 5.32 Å². The van der Waals surface area contributed by atoms with E-state index in [0.29, 0.717) is 28.4 Å². The van der Waals surface area contributed by atoms with Crippen molar-refractivity contribution in [2.45, 2.75) is 19.1 Å². The van der Waals surface area contributed by atoms with Gasteiger partial charge >= 0.3 is 0 Å². The van der Waals surface area contributed by atoms with Gasteiger partial charge in [0.25, 0.3) is 5.91 Å². The number of nitrogens with zero attached hydrogens (tertiary/aromatic N) is 1. The molecule has 0 heterocycles. The molecule has 1 N–H and O–H groups in total. The Balaban J connectivity index is 1.63. The highest BCUT2D eigenvalue weighted by molar-refractivity contribution is 6.32. The number of carbonyl (C=O) groups is 2. The smallest absolute Gasteiger partial charge is 0.261 e. The molecule has 0 aliphatic carbocycles. The lowest BCUT2D eigenvalue weighted by molar-refractivity contribution is -0.143. The van der Waals surface area contributed by atoms with Crippen molar-refractivity contribution in [1.82, 2.24) is 10.2 Å². The van der Waals surface area contributed by atoms with Gasteiger partial charge in [0.05, 0.1) is 5.02 Å². The zero-order valence-corrected chi connectivity index (χ0v) is 20.8. The lowest BCUT2D eigenvalue weighted by Crippen LogP contribution is -2.45. The van der Waals surface area contributed by atoms with Gasteiger partial charge in [0, 0.05) is 13.1 Å². The van der Waals surface area contributed by atoms with E-state index in [1.165, 1.54) is 17.0 Å². The summed E-state index contributed by atoms with van der Waals surface area (Å²) in [5.41, 5.74) is 2.24. The largest absolute Gasteiger partial charge is 0.482 e. The highest BCUT2D eigenvalue weighted by atomic mass is 35.5. The van der Waals surface area contributed by atoms with Crippen LogP contribution in [0.1, 0.15) is 22.7 Å². The zero-order chi connectivity index (χ0) is 26.0. The Hall–Kier alpha value is -4.16. The SMILES string of the molecule is O=C(NCc1ccccc1)[C@@H](c1ccccc1)N(Cc1ccc(F)cc1)C(=O)COc1ccccc1Cl. The Labute approximate surface area is 220 Å². The van der Waals surface area contributed by atoms with E-state index in [4.69, 9.17) is 16.3 Å². The maximum atomic E-state index is 13.6. The molecule has 1 atom stereocenters. The summed E-state index contributed by atoms with van der Waals surface area (Å²) >= 11 is 6.19. The molecule has 7 heteroatoms. The van der Waals surface area contributed by atoms with Crippen molar-refractivity contribution < 1.29 is 18.7 Å². The van der Waals surface area contributed by atoms with Gasteiger partial charge in [-0.3, -0.25) is 9.59 Å². The van der Waals surface area contributed by atoms with Crippen LogP contribution in [0, 0.1) is 5.82 Å². The number of hydrogen-bond donors (Lipinski definition) is 1. The van der Waals surface area contributed by atoms with Gasteiger partial charge in [0.15, 0.2) is 6.61 Å². The van der Waals surface area contributed by atoms with Gasteiger partial charge in [-0.2, -0.15) is 0 Å². The van der Waals surface area contributed by atoms with E-state index < -0.39 is 11.9 Å². The first kappa shape index (κ1) is 25.9. The van der Waals surface area contributed by atoms with Gasteiger partial charge in [0.2, 0.25) is 5.91 Å². The minimum atomic E-state index is -0.947. The molecule has 4 aromatic rings. The summed E-state index contributed by atoms with van der Waals surface area (Å²) in [6.07, 6.45) is 0. The summed E-state index contributed by atoms with van der Waals surface area (Å²) < 4.78 is 19.3. The Morgan fingerprint density at radius 3 is 2.11 bits per heavy atom. The molecule has 0 unspecified atom stereocenters. The minimum Gasteiger partial charge on any atom is -0.482 e. The van der Waals surface area contributed by atoms with E-state index in [9.17, 15) is 14.0 Å². The Morgan fingerprint density at radius 2 is 1.43 bits per heavy atom. The third-order valence-corrected chi connectivity index (χ3v) is 6.07. The average Bonchev–Trinajstić information content (AvgIpc) is 2.93. The lowest BCUT2D eigenvalue weighted by atomic mass is 10.0. The molecule has 37 heavy (non-hydrogen) atoms. The first-order valence-electron chi connectivity index (χ1n) is 11.8. The predicted molar refractivity (Wildman–Crippen MR) is 141 cm³/mol. The summed E-state index contributed by atoms with van der Waals surface area (Å²) in [7, 11) is 0. The van der Waals surface area contributed by atoms with Crippen LogP contribution in [-0.4, -0.2) is 23.3 Å². The Kier molecular flexibility index (Phi) is 8.89. The van der Waals surface area contributed by atoms with Crippen molar-refractivity contribution >= 4 is 23.4 Å². The number of benzene rings is 4. The number of nitrogens with one attached hydrogen (secondary N) is 1. The van der Waals surface area contributed by atoms with Crippen LogP contribution < -0.4 is 10.1 Å². The normalized spacial score (nSPS) is 11.4. The number of amides is 2. The molecule has 2 amide bonds. The van der Waals surface area contributed by atoms with E-state index in [1.54, 1.807) is 48.5 Å². The fourth-order valence-electron chi connectivity index (χ4n) is 3.88. The molecule has 5 nitrogen and oxygen atoms in total. The second-order valence-corrected chi connectivity index (χ2v) is 8.79. The summed E-state index contributed by atoms with van der Waals surface area (Å²) in [5, 5.41) is 3.33. The third-order valence-electron chi connectivity index (χ3n) is 5.76. The number of rotatable bonds is 10. The van der Waals surface area contributed by atoms with Crippen molar-refractivity contribution in [2.75, 3.05) is 6.61 Å². The standard InChI is InChI=1S/C30H26ClFN2O3/c31-26-13-7-8-14-27(26)37-21-28(35)34(20-23-15-17-25(32)18-16-23)29(24-11-5-2-6-12-24)30(36)33-19-22-9-3-1-4-10-22/h1-18,29H,19-21H2,(H,33,36)/t29-/m1/s1. The van der Waals surface area contributed by atoms with Crippen molar-refractivity contribution in [3.8, 4) is 5.75 Å². The first-order chi connectivity index (χ1) is 18.0. The number of carbonyl (C=O) groups excluding carboxylic acids is 2. The third kappa shape index (κ3) is 7.18. The summed E-state index contributed by atoms with van der Waals surface area (Å²) in [6.45, 7) is 0.0429. The maximum absolute atomic E-state index is 13.6. The van der Waals surface area contributed by atoms with Crippen LogP contribution >= 0.6 is 11.6 Å². The Bertz CT molecular complexity index is 1320. The number of para-hydroxylation sites is 1. The molecular formula is C30H26ClFN2O3. The van der Waals surface area contributed by atoms with Crippen LogP contribution in [0.3, 0.4) is 0 Å². The summed E-state index contributed by atoms with van der Waals surface area (Å²) in [4.78, 5) is 28.6. The van der Waals surface area contributed by atoms with E-state index in [1.807, 2.05) is 48.5 Å². The summed E-state index contributed by atoms with van der Waals surface area (Å²) in [5.74, 6) is -0.788. The van der Waals surface area contributed by atoms with Crippen LogP contribution in [0.2, 0.25) is 5.02 Å².